The molecule has 100 valence electrons. The number of hydrogen-bond donors (Lipinski definition) is 0. The van der Waals surface area contributed by atoms with Gasteiger partial charge in [-0.3, -0.25) is 9.11 Å². The molecule has 2 rings (SSSR count). The monoisotopic (exact) mass is 265 g/mol. The van der Waals surface area contributed by atoms with Crippen LogP contribution >= 0.6 is 0 Å². The lowest BCUT2D eigenvalue weighted by atomic mass is 10.0. The molecular formula is C15H23NOS. The van der Waals surface area contributed by atoms with Gasteiger partial charge in [-0.1, -0.05) is 38.1 Å². The van der Waals surface area contributed by atoms with Crippen molar-refractivity contribution in [2.75, 3.05) is 24.6 Å². The number of benzene rings is 1. The van der Waals surface area contributed by atoms with E-state index in [1.165, 1.54) is 11.1 Å². The van der Waals surface area contributed by atoms with Gasteiger partial charge in [0.25, 0.3) is 0 Å². The highest BCUT2D eigenvalue weighted by Gasteiger charge is 2.19. The third-order valence-electron chi connectivity index (χ3n) is 3.57. The van der Waals surface area contributed by atoms with Crippen molar-refractivity contribution in [3.63, 3.8) is 0 Å². The maximum absolute atomic E-state index is 11.7. The van der Waals surface area contributed by atoms with Gasteiger partial charge in [-0.25, -0.2) is 0 Å². The van der Waals surface area contributed by atoms with Crippen LogP contribution < -0.4 is 0 Å². The molecule has 2 nitrogen and oxygen atoms in total. The number of nitrogens with zero attached hydrogens (tertiary/aromatic N) is 1. The topological polar surface area (TPSA) is 20.3 Å². The van der Waals surface area contributed by atoms with Crippen LogP contribution in [0, 0.1) is 5.92 Å². The predicted octanol–water partition coefficient (Wildman–Crippen LogP) is 2.45. The molecule has 18 heavy (non-hydrogen) atoms. The smallest absolute Gasteiger partial charge is 0.0362 e. The van der Waals surface area contributed by atoms with Crippen molar-refractivity contribution in [3.8, 4) is 0 Å². The third-order valence-corrected chi connectivity index (χ3v) is 5.15. The summed E-state index contributed by atoms with van der Waals surface area (Å²) in [5, 5.41) is 0. The molecule has 1 aromatic carbocycles. The Morgan fingerprint density at radius 2 is 2.06 bits per heavy atom. The summed E-state index contributed by atoms with van der Waals surface area (Å²) in [6, 6.07) is 8.68. The van der Waals surface area contributed by atoms with E-state index in [0.717, 1.165) is 37.6 Å². The molecule has 1 heterocycles. The van der Waals surface area contributed by atoms with Crippen molar-refractivity contribution in [1.29, 1.82) is 0 Å². The second-order valence-electron chi connectivity index (χ2n) is 5.27. The summed E-state index contributed by atoms with van der Waals surface area (Å²) in [6.45, 7) is 7.46. The summed E-state index contributed by atoms with van der Waals surface area (Å²) < 4.78 is 11.7. The minimum atomic E-state index is -0.615. The fraction of sp³-hybridized carbons (Fsp3) is 0.600. The number of aryl methyl sites for hydroxylation is 1. The minimum absolute atomic E-state index is 0.544. The lowest BCUT2D eigenvalue weighted by molar-refractivity contribution is 0.256. The summed E-state index contributed by atoms with van der Waals surface area (Å²) in [4.78, 5) is 2.46. The molecule has 0 spiro atoms. The number of hydrogen-bond acceptors (Lipinski definition) is 2. The van der Waals surface area contributed by atoms with E-state index < -0.39 is 10.8 Å². The van der Waals surface area contributed by atoms with E-state index in [4.69, 9.17) is 0 Å². The highest BCUT2D eigenvalue weighted by molar-refractivity contribution is 7.85. The zero-order valence-electron chi connectivity index (χ0n) is 11.4. The van der Waals surface area contributed by atoms with Crippen molar-refractivity contribution in [1.82, 2.24) is 4.90 Å². The van der Waals surface area contributed by atoms with Gasteiger partial charge in [0.2, 0.25) is 0 Å². The fourth-order valence-electron chi connectivity index (χ4n) is 2.66. The van der Waals surface area contributed by atoms with E-state index >= 15 is 0 Å². The molecule has 1 saturated heterocycles. The molecule has 0 N–H and O–H groups in total. The van der Waals surface area contributed by atoms with Crippen LogP contribution in [0.5, 0.6) is 0 Å². The van der Waals surface area contributed by atoms with Crippen molar-refractivity contribution < 1.29 is 4.21 Å². The Morgan fingerprint density at radius 1 is 1.33 bits per heavy atom. The minimum Gasteiger partial charge on any atom is -0.298 e. The molecule has 1 fully saturated rings. The maximum atomic E-state index is 11.7. The highest BCUT2D eigenvalue weighted by atomic mass is 32.2. The lowest BCUT2D eigenvalue weighted by Gasteiger charge is -2.23. The van der Waals surface area contributed by atoms with Gasteiger partial charge in [-0.05, 0) is 23.5 Å². The van der Waals surface area contributed by atoms with Crippen molar-refractivity contribution in [2.24, 2.45) is 5.92 Å². The highest BCUT2D eigenvalue weighted by Crippen LogP contribution is 2.15. The van der Waals surface area contributed by atoms with Crippen molar-refractivity contribution >= 4 is 10.8 Å². The van der Waals surface area contributed by atoms with Crippen LogP contribution in [0.25, 0.3) is 0 Å². The summed E-state index contributed by atoms with van der Waals surface area (Å²) in [5.74, 6) is 2.24. The second-order valence-corrected chi connectivity index (χ2v) is 6.89. The lowest BCUT2D eigenvalue weighted by Crippen LogP contribution is -2.29. The Labute approximate surface area is 113 Å². The first-order valence-electron chi connectivity index (χ1n) is 6.83. The summed E-state index contributed by atoms with van der Waals surface area (Å²) in [7, 11) is -0.615. The fourth-order valence-corrected chi connectivity index (χ4v) is 4.03. The molecule has 1 aliphatic rings. The summed E-state index contributed by atoms with van der Waals surface area (Å²) in [6.07, 6.45) is 1.09. The molecule has 0 bridgehead atoms. The molecule has 0 saturated carbocycles. The van der Waals surface area contributed by atoms with Crippen molar-refractivity contribution in [2.45, 2.75) is 26.8 Å². The first-order valence-corrected chi connectivity index (χ1v) is 8.32. The number of rotatable bonds is 3. The molecule has 0 aliphatic carbocycles. The Balaban J connectivity index is 2.06. The van der Waals surface area contributed by atoms with E-state index in [-0.39, 0.29) is 0 Å². The molecular weight excluding hydrogens is 242 g/mol. The van der Waals surface area contributed by atoms with Gasteiger partial charge in [0.15, 0.2) is 0 Å². The average molecular weight is 265 g/mol. The Kier molecular flexibility index (Phi) is 4.95. The van der Waals surface area contributed by atoms with Crippen LogP contribution in [0.15, 0.2) is 24.3 Å². The standard InChI is InChI=1S/C15H23NOS/c1-3-14-6-4-5-7-15(14)11-16-8-9-18(17)12-13(2)10-16/h4-7,13H,3,8-12H2,1-2H3/t13-,18-/m1/s1. The van der Waals surface area contributed by atoms with Gasteiger partial charge < -0.3 is 0 Å². The molecule has 0 aromatic heterocycles. The van der Waals surface area contributed by atoms with Gasteiger partial charge in [0.05, 0.1) is 0 Å². The maximum Gasteiger partial charge on any atom is 0.0362 e. The van der Waals surface area contributed by atoms with Gasteiger partial charge in [0, 0.05) is 41.9 Å². The molecule has 2 atom stereocenters. The van der Waals surface area contributed by atoms with Crippen LogP contribution in [0.1, 0.15) is 25.0 Å². The zero-order valence-corrected chi connectivity index (χ0v) is 12.2. The predicted molar refractivity (Wildman–Crippen MR) is 78.1 cm³/mol. The van der Waals surface area contributed by atoms with E-state index in [0.29, 0.717) is 5.92 Å². The van der Waals surface area contributed by atoms with E-state index in [1.54, 1.807) is 0 Å². The van der Waals surface area contributed by atoms with Crippen LogP contribution in [-0.4, -0.2) is 33.7 Å². The Morgan fingerprint density at radius 3 is 2.78 bits per heavy atom. The van der Waals surface area contributed by atoms with E-state index in [1.807, 2.05) is 0 Å². The van der Waals surface area contributed by atoms with Crippen LogP contribution in [-0.2, 0) is 23.8 Å². The van der Waals surface area contributed by atoms with Crippen molar-refractivity contribution in [3.05, 3.63) is 35.4 Å². The van der Waals surface area contributed by atoms with E-state index in [9.17, 15) is 4.21 Å². The van der Waals surface area contributed by atoms with E-state index in [2.05, 4.69) is 43.0 Å². The quantitative estimate of drug-likeness (QED) is 0.837. The van der Waals surface area contributed by atoms with Gasteiger partial charge in [-0.2, -0.15) is 0 Å². The molecule has 0 radical (unpaired) electrons. The zero-order chi connectivity index (χ0) is 13.0. The third kappa shape index (κ3) is 3.66. The van der Waals surface area contributed by atoms with Crippen LogP contribution in [0.3, 0.4) is 0 Å². The largest absolute Gasteiger partial charge is 0.298 e. The average Bonchev–Trinajstić information content (AvgIpc) is 2.51. The molecule has 1 aromatic rings. The first-order chi connectivity index (χ1) is 8.69. The normalized spacial score (nSPS) is 25.9. The molecule has 0 amide bonds. The Bertz CT molecular complexity index is 419. The van der Waals surface area contributed by atoms with Gasteiger partial charge in [-0.15, -0.1) is 0 Å². The summed E-state index contributed by atoms with van der Waals surface area (Å²) in [5.41, 5.74) is 2.87. The summed E-state index contributed by atoms with van der Waals surface area (Å²) >= 11 is 0. The molecule has 0 unspecified atom stereocenters. The SMILES string of the molecule is CCc1ccccc1CN1CC[S@@](=O)C[C@H](C)C1. The van der Waals surface area contributed by atoms with Gasteiger partial charge in [0.1, 0.15) is 0 Å². The van der Waals surface area contributed by atoms with Gasteiger partial charge >= 0.3 is 0 Å². The second kappa shape index (κ2) is 6.48. The molecule has 1 aliphatic heterocycles. The Hall–Kier alpha value is -0.670. The van der Waals surface area contributed by atoms with Crippen LogP contribution in [0.2, 0.25) is 0 Å². The first kappa shape index (κ1) is 13.8. The molecule has 3 heteroatoms. The van der Waals surface area contributed by atoms with Crippen LogP contribution in [0.4, 0.5) is 0 Å².